The summed E-state index contributed by atoms with van der Waals surface area (Å²) in [6.07, 6.45) is -3.71. The minimum Gasteiger partial charge on any atom is -0.389 e. The Labute approximate surface area is 85.0 Å². The molecule has 1 aromatic heterocycles. The van der Waals surface area contributed by atoms with Gasteiger partial charge in [0.1, 0.15) is 0 Å². The van der Waals surface area contributed by atoms with Gasteiger partial charge in [-0.15, -0.1) is 13.2 Å². The fourth-order valence-corrected chi connectivity index (χ4v) is 1.36. The van der Waals surface area contributed by atoms with Gasteiger partial charge in [-0.2, -0.15) is 0 Å². The van der Waals surface area contributed by atoms with Crippen molar-refractivity contribution in [2.75, 3.05) is 0 Å². The average molecular weight is 272 g/mol. The molecule has 0 atom stereocenters. The molecule has 0 aromatic carbocycles. The third kappa shape index (κ3) is 2.76. The van der Waals surface area contributed by atoms with E-state index >= 15 is 0 Å². The van der Waals surface area contributed by atoms with Crippen LogP contribution in [0.1, 0.15) is 5.56 Å². The highest BCUT2D eigenvalue weighted by molar-refractivity contribution is 9.08. The van der Waals surface area contributed by atoms with Crippen LogP contribution in [0.25, 0.3) is 0 Å². The maximum Gasteiger partial charge on any atom is 0.574 e. The van der Waals surface area contributed by atoms with E-state index in [2.05, 4.69) is 25.7 Å². The van der Waals surface area contributed by atoms with Crippen molar-refractivity contribution in [1.29, 1.82) is 0 Å². The predicted molar refractivity (Wildman–Crippen MR) is 46.4 cm³/mol. The van der Waals surface area contributed by atoms with Crippen molar-refractivity contribution in [1.82, 2.24) is 4.98 Å². The van der Waals surface area contributed by atoms with Gasteiger partial charge in [-0.3, -0.25) is 4.79 Å². The maximum absolute atomic E-state index is 11.8. The number of pyridine rings is 1. The monoisotopic (exact) mass is 271 g/mol. The highest BCUT2D eigenvalue weighted by Gasteiger charge is 2.32. The van der Waals surface area contributed by atoms with E-state index in [1.165, 1.54) is 0 Å². The van der Waals surface area contributed by atoms with Gasteiger partial charge in [0.25, 0.3) is 0 Å². The number of aromatic nitrogens is 1. The Morgan fingerprint density at radius 3 is 2.64 bits per heavy atom. The summed E-state index contributed by atoms with van der Waals surface area (Å²) in [5.74, 6) is -0.582. The molecule has 0 saturated heterocycles. The van der Waals surface area contributed by atoms with Gasteiger partial charge in [0, 0.05) is 17.6 Å². The topological polar surface area (TPSA) is 42.1 Å². The molecule has 14 heavy (non-hydrogen) atoms. The Kier molecular flexibility index (Phi) is 3.20. The van der Waals surface area contributed by atoms with E-state index in [9.17, 15) is 18.0 Å². The van der Waals surface area contributed by atoms with E-state index in [1.54, 1.807) is 0 Å². The molecule has 1 aromatic rings. The number of rotatable bonds is 2. The Balaban J connectivity index is 3.09. The number of H-pyrrole nitrogens is 1. The molecule has 1 heterocycles. The van der Waals surface area contributed by atoms with Crippen LogP contribution in [0.5, 0.6) is 5.88 Å². The Bertz CT molecular complexity index is 374. The molecule has 78 valence electrons. The molecule has 0 bridgehead atoms. The van der Waals surface area contributed by atoms with E-state index in [1.807, 2.05) is 0 Å². The van der Waals surface area contributed by atoms with E-state index in [-0.39, 0.29) is 10.9 Å². The fraction of sp³-hybridized carbons (Fsp3) is 0.286. The van der Waals surface area contributed by atoms with Crippen molar-refractivity contribution < 1.29 is 17.9 Å². The van der Waals surface area contributed by atoms with Crippen LogP contribution in [-0.2, 0) is 5.33 Å². The Morgan fingerprint density at radius 1 is 1.50 bits per heavy atom. The molecule has 0 amide bonds. The highest BCUT2D eigenvalue weighted by Crippen LogP contribution is 2.23. The second-order valence-electron chi connectivity index (χ2n) is 2.33. The lowest BCUT2D eigenvalue weighted by atomic mass is 10.3. The van der Waals surface area contributed by atoms with Crippen molar-refractivity contribution in [2.24, 2.45) is 0 Å². The largest absolute Gasteiger partial charge is 0.574 e. The molecule has 0 aliphatic rings. The molecular weight excluding hydrogens is 267 g/mol. The van der Waals surface area contributed by atoms with Crippen LogP contribution in [0, 0.1) is 0 Å². The maximum atomic E-state index is 11.8. The minimum absolute atomic E-state index is 0.00537. The van der Waals surface area contributed by atoms with E-state index in [0.29, 0.717) is 0 Å². The van der Waals surface area contributed by atoms with Gasteiger partial charge >= 0.3 is 6.36 Å². The fourth-order valence-electron chi connectivity index (χ4n) is 0.826. The summed E-state index contributed by atoms with van der Waals surface area (Å²) < 4.78 is 39.1. The van der Waals surface area contributed by atoms with Crippen LogP contribution < -0.4 is 10.2 Å². The molecule has 0 spiro atoms. The van der Waals surface area contributed by atoms with Crippen molar-refractivity contribution in [3.63, 3.8) is 0 Å². The van der Waals surface area contributed by atoms with E-state index < -0.39 is 17.7 Å². The summed E-state index contributed by atoms with van der Waals surface area (Å²) in [7, 11) is 0. The SMILES string of the molecule is O=c1cc[nH]c(OC(F)(F)F)c1CBr. The first-order chi connectivity index (χ1) is 6.44. The second-order valence-corrected chi connectivity index (χ2v) is 2.89. The van der Waals surface area contributed by atoms with Crippen LogP contribution in [0.3, 0.4) is 0 Å². The Hall–Kier alpha value is -0.980. The van der Waals surface area contributed by atoms with Gasteiger partial charge in [-0.25, -0.2) is 0 Å². The minimum atomic E-state index is -4.80. The molecule has 3 nitrogen and oxygen atoms in total. The molecule has 1 rings (SSSR count). The Morgan fingerprint density at radius 2 is 2.14 bits per heavy atom. The second kappa shape index (κ2) is 4.04. The molecular formula is C7H5BrF3NO2. The van der Waals surface area contributed by atoms with Crippen LogP contribution in [0.2, 0.25) is 0 Å². The van der Waals surface area contributed by atoms with Crippen molar-refractivity contribution in [3.05, 3.63) is 28.0 Å². The van der Waals surface area contributed by atoms with E-state index in [0.717, 1.165) is 12.3 Å². The number of hydrogen-bond acceptors (Lipinski definition) is 2. The van der Waals surface area contributed by atoms with Crippen molar-refractivity contribution in [3.8, 4) is 5.88 Å². The van der Waals surface area contributed by atoms with Gasteiger partial charge in [-0.05, 0) is 0 Å². The zero-order chi connectivity index (χ0) is 10.8. The van der Waals surface area contributed by atoms with Crippen molar-refractivity contribution >= 4 is 15.9 Å². The molecule has 0 radical (unpaired) electrons. The molecule has 0 aliphatic heterocycles. The van der Waals surface area contributed by atoms with Crippen LogP contribution in [-0.4, -0.2) is 11.3 Å². The lowest BCUT2D eigenvalue weighted by Gasteiger charge is -2.10. The van der Waals surface area contributed by atoms with Gasteiger partial charge in [-0.1, -0.05) is 15.9 Å². The first kappa shape index (κ1) is 11.1. The van der Waals surface area contributed by atoms with Gasteiger partial charge in [0.15, 0.2) is 5.43 Å². The van der Waals surface area contributed by atoms with Crippen LogP contribution >= 0.6 is 15.9 Å². The number of aromatic amines is 1. The quantitative estimate of drug-likeness (QED) is 0.838. The molecule has 0 unspecified atom stereocenters. The number of halogens is 4. The van der Waals surface area contributed by atoms with Crippen LogP contribution in [0.4, 0.5) is 13.2 Å². The standard InChI is InChI=1S/C7H5BrF3NO2/c8-3-4-5(13)1-2-12-6(4)14-7(9,10)11/h1-2H,3H2,(H,12,13). The number of ether oxygens (including phenoxy) is 1. The zero-order valence-electron chi connectivity index (χ0n) is 6.69. The number of alkyl halides is 4. The van der Waals surface area contributed by atoms with Gasteiger partial charge in [0.2, 0.25) is 5.88 Å². The van der Waals surface area contributed by atoms with E-state index in [4.69, 9.17) is 0 Å². The summed E-state index contributed by atoms with van der Waals surface area (Å²) in [6.45, 7) is 0. The number of nitrogens with one attached hydrogen (secondary N) is 1. The molecule has 0 aliphatic carbocycles. The predicted octanol–water partition coefficient (Wildman–Crippen LogP) is 2.17. The summed E-state index contributed by atoms with van der Waals surface area (Å²) in [4.78, 5) is 13.3. The normalized spacial score (nSPS) is 11.4. The zero-order valence-corrected chi connectivity index (χ0v) is 8.28. The van der Waals surface area contributed by atoms with Crippen molar-refractivity contribution in [2.45, 2.75) is 11.7 Å². The highest BCUT2D eigenvalue weighted by atomic mass is 79.9. The van der Waals surface area contributed by atoms with Crippen LogP contribution in [0.15, 0.2) is 17.1 Å². The summed E-state index contributed by atoms with van der Waals surface area (Å²) >= 11 is 2.90. The summed E-state index contributed by atoms with van der Waals surface area (Å²) in [5, 5.41) is -0.00537. The third-order valence-electron chi connectivity index (χ3n) is 1.37. The lowest BCUT2D eigenvalue weighted by molar-refractivity contribution is -0.276. The van der Waals surface area contributed by atoms with Gasteiger partial charge < -0.3 is 9.72 Å². The lowest BCUT2D eigenvalue weighted by Crippen LogP contribution is -2.21. The smallest absolute Gasteiger partial charge is 0.389 e. The average Bonchev–Trinajstić information content (AvgIpc) is 2.01. The van der Waals surface area contributed by atoms with Gasteiger partial charge in [0.05, 0.1) is 5.56 Å². The number of hydrogen-bond donors (Lipinski definition) is 1. The first-order valence-electron chi connectivity index (χ1n) is 3.46. The molecule has 1 N–H and O–H groups in total. The summed E-state index contributed by atoms with van der Waals surface area (Å²) in [6, 6.07) is 1.12. The molecule has 7 heteroatoms. The molecule has 0 saturated carbocycles. The first-order valence-corrected chi connectivity index (χ1v) is 4.58. The molecule has 0 fully saturated rings. The third-order valence-corrected chi connectivity index (χ3v) is 1.93. The summed E-state index contributed by atoms with van der Waals surface area (Å²) in [5.41, 5.74) is -0.607.